The molecule has 4 aromatic carbocycles. The molecule has 0 radical (unpaired) electrons. The highest BCUT2D eigenvalue weighted by Gasteiger charge is 2.16. The zero-order valence-electron chi connectivity index (χ0n) is 14.9. The van der Waals surface area contributed by atoms with Gasteiger partial charge in [-0.2, -0.15) is 0 Å². The normalized spacial score (nSPS) is 11.5. The summed E-state index contributed by atoms with van der Waals surface area (Å²) in [5.74, 6) is 0.0152. The third kappa shape index (κ3) is 3.85. The second-order valence-electron chi connectivity index (χ2n) is 6.40. The summed E-state index contributed by atoms with van der Waals surface area (Å²) in [6, 6.07) is 33.5. The average molecular weight is 349 g/mol. The molecule has 4 rings (SSSR count). The van der Waals surface area contributed by atoms with Gasteiger partial charge in [-0.3, -0.25) is 4.79 Å². The fourth-order valence-corrected chi connectivity index (χ4v) is 3.22. The maximum absolute atomic E-state index is 13.2. The minimum absolute atomic E-state index is 0.0152. The number of nitrogens with zero attached hydrogens (tertiary/aromatic N) is 1. The highest BCUT2D eigenvalue weighted by Crippen LogP contribution is 2.21. The molecule has 0 fully saturated rings. The summed E-state index contributed by atoms with van der Waals surface area (Å²) >= 11 is 0. The molecule has 0 bridgehead atoms. The molecule has 0 spiro atoms. The lowest BCUT2D eigenvalue weighted by molar-refractivity contribution is -0.112. The van der Waals surface area contributed by atoms with Gasteiger partial charge < -0.3 is 0 Å². The van der Waals surface area contributed by atoms with Gasteiger partial charge >= 0.3 is 0 Å². The molecule has 0 aliphatic carbocycles. The van der Waals surface area contributed by atoms with Crippen LogP contribution in [0.2, 0.25) is 0 Å². The van der Waals surface area contributed by atoms with E-state index >= 15 is 0 Å². The molecule has 0 aliphatic rings. The Labute approximate surface area is 158 Å². The lowest BCUT2D eigenvalue weighted by atomic mass is 9.96. The van der Waals surface area contributed by atoms with Crippen LogP contribution >= 0.6 is 0 Å². The van der Waals surface area contributed by atoms with Gasteiger partial charge in [0.2, 0.25) is 0 Å². The number of Topliss-reactive ketones (excluding diaryl/α,β-unsaturated/α-hetero) is 1. The monoisotopic (exact) mass is 349 g/mol. The van der Waals surface area contributed by atoms with Gasteiger partial charge in [0.05, 0.1) is 5.69 Å². The minimum Gasteiger partial charge on any atom is -0.292 e. The molecule has 0 heterocycles. The van der Waals surface area contributed by atoms with Crippen LogP contribution < -0.4 is 0 Å². The Morgan fingerprint density at radius 1 is 0.667 bits per heavy atom. The first-order chi connectivity index (χ1) is 13.3. The predicted octanol–water partition coefficient (Wildman–Crippen LogP) is 5.77. The summed E-state index contributed by atoms with van der Waals surface area (Å²) < 4.78 is 0. The summed E-state index contributed by atoms with van der Waals surface area (Å²) in [7, 11) is 0. The molecule has 0 unspecified atom stereocenters. The second-order valence-corrected chi connectivity index (χ2v) is 6.40. The number of hydrogen-bond acceptors (Lipinski definition) is 2. The molecule has 0 aromatic heterocycles. The molecule has 0 saturated heterocycles. The van der Waals surface area contributed by atoms with Crippen LogP contribution in [0.25, 0.3) is 10.8 Å². The number of hydrogen-bond donors (Lipinski definition) is 0. The maximum Gasteiger partial charge on any atom is 0.186 e. The zero-order valence-corrected chi connectivity index (χ0v) is 14.9. The number of carbonyl (C=O) groups is 1. The molecule has 2 heteroatoms. The largest absolute Gasteiger partial charge is 0.292 e. The number of fused-ring (bicyclic) bond motifs is 1. The van der Waals surface area contributed by atoms with E-state index in [0.29, 0.717) is 12.1 Å². The van der Waals surface area contributed by atoms with Crippen molar-refractivity contribution < 1.29 is 4.79 Å². The molecular formula is C25H19NO. The van der Waals surface area contributed by atoms with E-state index in [1.54, 1.807) is 0 Å². The van der Waals surface area contributed by atoms with Crippen LogP contribution in [-0.4, -0.2) is 11.5 Å². The molecule has 0 amide bonds. The van der Waals surface area contributed by atoms with Crippen LogP contribution in [-0.2, 0) is 11.2 Å². The van der Waals surface area contributed by atoms with Gasteiger partial charge in [0, 0.05) is 12.0 Å². The van der Waals surface area contributed by atoms with Gasteiger partial charge in [0.25, 0.3) is 0 Å². The van der Waals surface area contributed by atoms with Crippen LogP contribution in [0.1, 0.15) is 11.1 Å². The third-order valence-electron chi connectivity index (χ3n) is 4.54. The van der Waals surface area contributed by atoms with Crippen molar-refractivity contribution in [1.29, 1.82) is 0 Å². The molecule has 0 N–H and O–H groups in total. The number of aliphatic imine (C=N–C) groups is 1. The maximum atomic E-state index is 13.2. The van der Waals surface area contributed by atoms with E-state index in [9.17, 15) is 4.79 Å². The van der Waals surface area contributed by atoms with E-state index in [4.69, 9.17) is 0 Å². The number of para-hydroxylation sites is 1. The van der Waals surface area contributed by atoms with Gasteiger partial charge in [-0.1, -0.05) is 91.0 Å². The first-order valence-electron chi connectivity index (χ1n) is 9.00. The Morgan fingerprint density at radius 2 is 1.30 bits per heavy atom. The van der Waals surface area contributed by atoms with Gasteiger partial charge in [-0.15, -0.1) is 0 Å². The van der Waals surface area contributed by atoms with E-state index < -0.39 is 0 Å². The third-order valence-corrected chi connectivity index (χ3v) is 4.54. The van der Waals surface area contributed by atoms with Crippen molar-refractivity contribution in [3.05, 3.63) is 114 Å². The molecule has 2 nitrogen and oxygen atoms in total. The SMILES string of the molecule is O=C(Cc1cccc2ccccc12)C(=Nc1ccccc1)c1ccccc1. The van der Waals surface area contributed by atoms with Gasteiger partial charge in [0.1, 0.15) is 5.71 Å². The topological polar surface area (TPSA) is 29.4 Å². The summed E-state index contributed by atoms with van der Waals surface area (Å²) in [5.41, 5.74) is 3.14. The van der Waals surface area contributed by atoms with Crippen molar-refractivity contribution in [3.63, 3.8) is 0 Å². The van der Waals surface area contributed by atoms with E-state index in [-0.39, 0.29) is 5.78 Å². The second kappa shape index (κ2) is 7.79. The Morgan fingerprint density at radius 3 is 2.07 bits per heavy atom. The van der Waals surface area contributed by atoms with Gasteiger partial charge in [0.15, 0.2) is 5.78 Å². The smallest absolute Gasteiger partial charge is 0.186 e. The number of ketones is 1. The standard InChI is InChI=1S/C25H19NO/c27-24(18-21-14-9-13-19-10-7-8-17-23(19)21)25(20-11-3-1-4-12-20)26-22-15-5-2-6-16-22/h1-17H,18H2. The Kier molecular flexibility index (Phi) is 4.88. The van der Waals surface area contributed by atoms with Crippen LogP contribution in [0.4, 0.5) is 5.69 Å². The number of carbonyl (C=O) groups excluding carboxylic acids is 1. The van der Waals surface area contributed by atoms with Crippen LogP contribution in [0.3, 0.4) is 0 Å². The molecule has 0 atom stereocenters. The van der Waals surface area contributed by atoms with E-state index in [0.717, 1.165) is 27.6 Å². The Balaban J connectivity index is 1.74. The summed E-state index contributed by atoms with van der Waals surface area (Å²) in [6.45, 7) is 0. The van der Waals surface area contributed by atoms with E-state index in [2.05, 4.69) is 23.2 Å². The van der Waals surface area contributed by atoms with Crippen molar-refractivity contribution in [2.45, 2.75) is 6.42 Å². The molecule has 4 aromatic rings. The summed E-state index contributed by atoms with van der Waals surface area (Å²) in [6.07, 6.45) is 0.321. The van der Waals surface area contributed by atoms with Crippen molar-refractivity contribution in [2.24, 2.45) is 4.99 Å². The van der Waals surface area contributed by atoms with Crippen LogP contribution in [0.5, 0.6) is 0 Å². The first kappa shape index (κ1) is 16.9. The lowest BCUT2D eigenvalue weighted by Crippen LogP contribution is -2.18. The quantitative estimate of drug-likeness (QED) is 0.420. The molecular weight excluding hydrogens is 330 g/mol. The fourth-order valence-electron chi connectivity index (χ4n) is 3.22. The van der Waals surface area contributed by atoms with Crippen molar-refractivity contribution >= 4 is 28.0 Å². The lowest BCUT2D eigenvalue weighted by Gasteiger charge is -2.09. The molecule has 0 saturated carbocycles. The highest BCUT2D eigenvalue weighted by atomic mass is 16.1. The minimum atomic E-state index is 0.0152. The molecule has 27 heavy (non-hydrogen) atoms. The van der Waals surface area contributed by atoms with Crippen LogP contribution in [0.15, 0.2) is 108 Å². The molecule has 0 aliphatic heterocycles. The Bertz CT molecular complexity index is 1090. The van der Waals surface area contributed by atoms with Gasteiger partial charge in [-0.05, 0) is 28.5 Å². The average Bonchev–Trinajstić information content (AvgIpc) is 2.73. The van der Waals surface area contributed by atoms with Crippen molar-refractivity contribution in [1.82, 2.24) is 0 Å². The highest BCUT2D eigenvalue weighted by molar-refractivity contribution is 6.47. The summed E-state index contributed by atoms with van der Waals surface area (Å²) in [4.78, 5) is 17.9. The van der Waals surface area contributed by atoms with Crippen molar-refractivity contribution in [2.75, 3.05) is 0 Å². The fraction of sp³-hybridized carbons (Fsp3) is 0.0400. The first-order valence-corrected chi connectivity index (χ1v) is 9.00. The molecule has 130 valence electrons. The number of benzene rings is 4. The Hall–Kier alpha value is -3.52. The summed E-state index contributed by atoms with van der Waals surface area (Å²) in [5, 5.41) is 2.25. The van der Waals surface area contributed by atoms with E-state index in [1.165, 1.54) is 0 Å². The van der Waals surface area contributed by atoms with Crippen molar-refractivity contribution in [3.8, 4) is 0 Å². The van der Waals surface area contributed by atoms with Crippen LogP contribution in [0, 0.1) is 0 Å². The van der Waals surface area contributed by atoms with Gasteiger partial charge in [-0.25, -0.2) is 4.99 Å². The zero-order chi connectivity index (χ0) is 18.5. The predicted molar refractivity (Wildman–Crippen MR) is 112 cm³/mol. The number of rotatable bonds is 5. The van der Waals surface area contributed by atoms with E-state index in [1.807, 2.05) is 84.9 Å².